The van der Waals surface area contributed by atoms with Crippen molar-refractivity contribution in [3.05, 3.63) is 51.0 Å². The lowest BCUT2D eigenvalue weighted by atomic mass is 10.1. The van der Waals surface area contributed by atoms with Crippen molar-refractivity contribution >= 4 is 46.4 Å². The third-order valence-corrected chi connectivity index (χ3v) is 4.35. The lowest BCUT2D eigenvalue weighted by Crippen LogP contribution is -2.17. The number of rotatable bonds is 3. The first-order valence-corrected chi connectivity index (χ1v) is 8.00. The van der Waals surface area contributed by atoms with E-state index in [1.165, 1.54) is 0 Å². The summed E-state index contributed by atoms with van der Waals surface area (Å²) in [5.41, 5.74) is 1.18. The van der Waals surface area contributed by atoms with E-state index >= 15 is 0 Å². The van der Waals surface area contributed by atoms with Crippen molar-refractivity contribution in [1.29, 1.82) is 0 Å². The van der Waals surface area contributed by atoms with Gasteiger partial charge in [-0.25, -0.2) is 0 Å². The molecular weight excluding hydrogens is 361 g/mol. The van der Waals surface area contributed by atoms with Crippen LogP contribution < -0.4 is 14.8 Å². The Kier molecular flexibility index (Phi) is 4.85. The van der Waals surface area contributed by atoms with Crippen LogP contribution in [0, 0.1) is 0 Å². The molecular formula is C16H12Cl3NO3. The minimum absolute atomic E-state index is 0.124. The van der Waals surface area contributed by atoms with Gasteiger partial charge in [0.25, 0.3) is 0 Å². The Balaban J connectivity index is 1.75. The minimum Gasteiger partial charge on any atom is -0.486 e. The van der Waals surface area contributed by atoms with Gasteiger partial charge in [-0.15, -0.1) is 0 Å². The Morgan fingerprint density at radius 2 is 1.87 bits per heavy atom. The van der Waals surface area contributed by atoms with E-state index in [0.717, 1.165) is 5.56 Å². The van der Waals surface area contributed by atoms with Crippen LogP contribution in [0.15, 0.2) is 30.3 Å². The Hall–Kier alpha value is -1.62. The van der Waals surface area contributed by atoms with E-state index in [4.69, 9.17) is 44.3 Å². The van der Waals surface area contributed by atoms with Gasteiger partial charge in [-0.05, 0) is 29.8 Å². The van der Waals surface area contributed by atoms with Gasteiger partial charge in [0.2, 0.25) is 5.91 Å². The molecule has 120 valence electrons. The van der Waals surface area contributed by atoms with E-state index < -0.39 is 0 Å². The number of halogens is 3. The van der Waals surface area contributed by atoms with Crippen molar-refractivity contribution in [2.24, 2.45) is 0 Å². The van der Waals surface area contributed by atoms with Crippen molar-refractivity contribution in [3.63, 3.8) is 0 Å². The zero-order valence-electron chi connectivity index (χ0n) is 11.9. The molecule has 1 amide bonds. The topological polar surface area (TPSA) is 47.6 Å². The molecule has 4 nitrogen and oxygen atoms in total. The first-order valence-electron chi connectivity index (χ1n) is 6.86. The number of carbonyl (C=O) groups excluding carboxylic acids is 1. The van der Waals surface area contributed by atoms with E-state index in [-0.39, 0.29) is 12.3 Å². The second kappa shape index (κ2) is 6.87. The Labute approximate surface area is 148 Å². The van der Waals surface area contributed by atoms with E-state index in [9.17, 15) is 4.79 Å². The monoisotopic (exact) mass is 371 g/mol. The zero-order chi connectivity index (χ0) is 16.4. The molecule has 23 heavy (non-hydrogen) atoms. The first kappa shape index (κ1) is 16.2. The molecule has 3 rings (SSSR count). The standard InChI is InChI=1S/C16H12Cl3NO3/c17-10-2-1-3-12(15(10)19)20-14(21)8-9-6-11(18)16-13(7-9)22-4-5-23-16/h1-3,6-7H,4-5,8H2,(H,20,21). The smallest absolute Gasteiger partial charge is 0.228 e. The normalized spacial score (nSPS) is 12.8. The fraction of sp³-hybridized carbons (Fsp3) is 0.188. The van der Waals surface area contributed by atoms with Gasteiger partial charge >= 0.3 is 0 Å². The van der Waals surface area contributed by atoms with E-state index in [2.05, 4.69) is 5.32 Å². The van der Waals surface area contributed by atoms with Gasteiger partial charge in [0, 0.05) is 0 Å². The quantitative estimate of drug-likeness (QED) is 0.856. The van der Waals surface area contributed by atoms with E-state index in [1.54, 1.807) is 30.3 Å². The second-order valence-electron chi connectivity index (χ2n) is 4.93. The van der Waals surface area contributed by atoms with Crippen LogP contribution in [0.5, 0.6) is 11.5 Å². The highest BCUT2D eigenvalue weighted by molar-refractivity contribution is 6.44. The van der Waals surface area contributed by atoms with Crippen molar-refractivity contribution in [1.82, 2.24) is 0 Å². The SMILES string of the molecule is O=C(Cc1cc(Cl)c2c(c1)OCCO2)Nc1cccc(Cl)c1Cl. The number of hydrogen-bond donors (Lipinski definition) is 1. The van der Waals surface area contributed by atoms with E-state index in [1.807, 2.05) is 0 Å². The molecule has 2 aromatic carbocycles. The summed E-state index contributed by atoms with van der Waals surface area (Å²) in [6, 6.07) is 8.49. The summed E-state index contributed by atoms with van der Waals surface area (Å²) in [7, 11) is 0. The molecule has 1 heterocycles. The Bertz CT molecular complexity index is 764. The molecule has 0 aliphatic carbocycles. The predicted octanol–water partition coefficient (Wildman–Crippen LogP) is 4.60. The zero-order valence-corrected chi connectivity index (χ0v) is 14.1. The summed E-state index contributed by atoms with van der Waals surface area (Å²) in [5.74, 6) is 0.828. The molecule has 7 heteroatoms. The highest BCUT2D eigenvalue weighted by Gasteiger charge is 2.18. The van der Waals surface area contributed by atoms with Crippen LogP contribution in [0.2, 0.25) is 15.1 Å². The Morgan fingerprint density at radius 3 is 2.70 bits per heavy atom. The van der Waals surface area contributed by atoms with Crippen LogP contribution >= 0.6 is 34.8 Å². The predicted molar refractivity (Wildman–Crippen MR) is 91.2 cm³/mol. The maximum absolute atomic E-state index is 12.2. The summed E-state index contributed by atoms with van der Waals surface area (Å²) in [5, 5.41) is 3.84. The highest BCUT2D eigenvalue weighted by Crippen LogP contribution is 2.38. The first-order chi connectivity index (χ1) is 11.0. The molecule has 0 radical (unpaired) electrons. The second-order valence-corrected chi connectivity index (χ2v) is 6.12. The Morgan fingerprint density at radius 1 is 1.09 bits per heavy atom. The molecule has 0 fully saturated rings. The van der Waals surface area contributed by atoms with Gasteiger partial charge in [0.05, 0.1) is 27.2 Å². The van der Waals surface area contributed by atoms with Crippen LogP contribution in [-0.4, -0.2) is 19.1 Å². The summed E-state index contributed by atoms with van der Waals surface area (Å²) in [6.07, 6.45) is 0.124. The number of hydrogen-bond acceptors (Lipinski definition) is 3. The largest absolute Gasteiger partial charge is 0.486 e. The molecule has 0 aromatic heterocycles. The molecule has 2 aromatic rings. The minimum atomic E-state index is -0.234. The molecule has 0 bridgehead atoms. The third kappa shape index (κ3) is 3.66. The molecule has 1 aliphatic rings. The molecule has 0 saturated carbocycles. The molecule has 0 atom stereocenters. The molecule has 0 saturated heterocycles. The van der Waals surface area contributed by atoms with Crippen LogP contribution in [0.4, 0.5) is 5.69 Å². The summed E-state index contributed by atoms with van der Waals surface area (Å²) >= 11 is 18.1. The average molecular weight is 373 g/mol. The van der Waals surface area contributed by atoms with Crippen molar-refractivity contribution in [2.75, 3.05) is 18.5 Å². The maximum Gasteiger partial charge on any atom is 0.228 e. The van der Waals surface area contributed by atoms with Crippen LogP contribution in [-0.2, 0) is 11.2 Å². The summed E-state index contributed by atoms with van der Waals surface area (Å²) < 4.78 is 10.9. The van der Waals surface area contributed by atoms with Gasteiger partial charge in [0.1, 0.15) is 13.2 Å². The highest BCUT2D eigenvalue weighted by atomic mass is 35.5. The van der Waals surface area contributed by atoms with Gasteiger partial charge in [-0.3, -0.25) is 4.79 Å². The lowest BCUT2D eigenvalue weighted by Gasteiger charge is -2.20. The van der Waals surface area contributed by atoms with E-state index in [0.29, 0.717) is 45.5 Å². The maximum atomic E-state index is 12.2. The van der Waals surface area contributed by atoms with Crippen LogP contribution in [0.25, 0.3) is 0 Å². The average Bonchev–Trinajstić information content (AvgIpc) is 2.52. The summed E-state index contributed by atoms with van der Waals surface area (Å²) in [4.78, 5) is 12.2. The number of anilines is 1. The summed E-state index contributed by atoms with van der Waals surface area (Å²) in [6.45, 7) is 0.914. The number of carbonyl (C=O) groups is 1. The van der Waals surface area contributed by atoms with Crippen LogP contribution in [0.3, 0.4) is 0 Å². The van der Waals surface area contributed by atoms with Crippen molar-refractivity contribution in [2.45, 2.75) is 6.42 Å². The van der Waals surface area contributed by atoms with Gasteiger partial charge < -0.3 is 14.8 Å². The number of fused-ring (bicyclic) bond motifs is 1. The molecule has 1 aliphatic heterocycles. The number of benzene rings is 2. The van der Waals surface area contributed by atoms with Crippen molar-refractivity contribution in [3.8, 4) is 11.5 Å². The fourth-order valence-electron chi connectivity index (χ4n) is 2.25. The van der Waals surface area contributed by atoms with Gasteiger partial charge in [-0.2, -0.15) is 0 Å². The number of amides is 1. The molecule has 1 N–H and O–H groups in total. The fourth-order valence-corrected chi connectivity index (χ4v) is 2.88. The lowest BCUT2D eigenvalue weighted by molar-refractivity contribution is -0.115. The molecule has 0 unspecified atom stereocenters. The number of ether oxygens (including phenoxy) is 2. The van der Waals surface area contributed by atoms with Gasteiger partial charge in [-0.1, -0.05) is 40.9 Å². The molecule has 0 spiro atoms. The van der Waals surface area contributed by atoms with Crippen molar-refractivity contribution < 1.29 is 14.3 Å². The third-order valence-electron chi connectivity index (χ3n) is 3.25. The number of nitrogens with one attached hydrogen (secondary N) is 1. The van der Waals surface area contributed by atoms with Gasteiger partial charge in [0.15, 0.2) is 11.5 Å². The van der Waals surface area contributed by atoms with Crippen LogP contribution in [0.1, 0.15) is 5.56 Å².